The number of ether oxygens (including phenoxy) is 1. The first-order valence-electron chi connectivity index (χ1n) is 6.93. The number of para-hydroxylation sites is 2. The van der Waals surface area contributed by atoms with Crippen molar-refractivity contribution < 1.29 is 9.53 Å². The van der Waals surface area contributed by atoms with Crippen LogP contribution in [0.15, 0.2) is 73.2 Å². The lowest BCUT2D eigenvalue weighted by Crippen LogP contribution is -2.07. The molecule has 22 heavy (non-hydrogen) atoms. The molecule has 0 spiro atoms. The van der Waals surface area contributed by atoms with Gasteiger partial charge in [-0.2, -0.15) is 0 Å². The molecule has 1 heterocycles. The first-order valence-corrected chi connectivity index (χ1v) is 6.93. The third kappa shape index (κ3) is 3.35. The summed E-state index contributed by atoms with van der Waals surface area (Å²) in [4.78, 5) is 20.6. The van der Waals surface area contributed by atoms with Gasteiger partial charge < -0.3 is 4.74 Å². The van der Waals surface area contributed by atoms with Crippen molar-refractivity contribution >= 4 is 5.78 Å². The van der Waals surface area contributed by atoms with Gasteiger partial charge in [0.1, 0.15) is 11.5 Å². The van der Waals surface area contributed by atoms with Crippen molar-refractivity contribution in [1.29, 1.82) is 0 Å². The van der Waals surface area contributed by atoms with Crippen molar-refractivity contribution in [3.63, 3.8) is 0 Å². The van der Waals surface area contributed by atoms with Crippen LogP contribution in [0.5, 0.6) is 11.5 Å². The first kappa shape index (κ1) is 13.9. The maximum absolute atomic E-state index is 12.5. The molecule has 0 atom stereocenters. The first-order chi connectivity index (χ1) is 10.8. The van der Waals surface area contributed by atoms with Crippen LogP contribution in [-0.2, 0) is 6.42 Å². The van der Waals surface area contributed by atoms with Gasteiger partial charge >= 0.3 is 0 Å². The Kier molecular flexibility index (Phi) is 4.20. The minimum atomic E-state index is -0.0490. The van der Waals surface area contributed by atoms with Gasteiger partial charge in [-0.05, 0) is 24.3 Å². The molecule has 0 N–H and O–H groups in total. The second-order valence-corrected chi connectivity index (χ2v) is 4.71. The Balaban J connectivity index is 1.83. The van der Waals surface area contributed by atoms with E-state index in [-0.39, 0.29) is 12.2 Å². The number of hydrogen-bond acceptors (Lipinski definition) is 4. The average molecular weight is 290 g/mol. The Labute approximate surface area is 128 Å². The Hall–Kier alpha value is -3.01. The van der Waals surface area contributed by atoms with Crippen molar-refractivity contribution in [1.82, 2.24) is 9.97 Å². The van der Waals surface area contributed by atoms with E-state index < -0.39 is 0 Å². The second kappa shape index (κ2) is 6.63. The second-order valence-electron chi connectivity index (χ2n) is 4.71. The van der Waals surface area contributed by atoms with Gasteiger partial charge in [-0.1, -0.05) is 30.3 Å². The minimum Gasteiger partial charge on any atom is -0.457 e. The molecule has 0 fully saturated rings. The quantitative estimate of drug-likeness (QED) is 0.672. The van der Waals surface area contributed by atoms with E-state index in [1.54, 1.807) is 30.7 Å². The lowest BCUT2D eigenvalue weighted by atomic mass is 10.1. The van der Waals surface area contributed by atoms with Crippen LogP contribution in [0.1, 0.15) is 16.1 Å². The van der Waals surface area contributed by atoms with E-state index in [1.807, 2.05) is 42.5 Å². The molecule has 0 aliphatic carbocycles. The van der Waals surface area contributed by atoms with Crippen LogP contribution in [0.4, 0.5) is 0 Å². The number of Topliss-reactive ketones (excluding diaryl/α,β-unsaturated/α-hetero) is 1. The largest absolute Gasteiger partial charge is 0.457 e. The lowest BCUT2D eigenvalue weighted by Gasteiger charge is -2.10. The zero-order valence-electron chi connectivity index (χ0n) is 11.8. The van der Waals surface area contributed by atoms with Gasteiger partial charge in [-0.15, -0.1) is 0 Å². The fourth-order valence-corrected chi connectivity index (χ4v) is 2.08. The fraction of sp³-hybridized carbons (Fsp3) is 0.0556. The van der Waals surface area contributed by atoms with E-state index in [2.05, 4.69) is 9.97 Å². The zero-order valence-corrected chi connectivity index (χ0v) is 11.8. The SMILES string of the molecule is O=C(Cc1cnccn1)c1ccccc1Oc1ccccc1. The molecule has 2 aromatic carbocycles. The Bertz CT molecular complexity index is 758. The van der Waals surface area contributed by atoms with Crippen molar-refractivity contribution in [3.8, 4) is 11.5 Å². The summed E-state index contributed by atoms with van der Waals surface area (Å²) in [5.74, 6) is 1.19. The smallest absolute Gasteiger partial charge is 0.172 e. The number of nitrogens with zero attached hydrogens (tertiary/aromatic N) is 2. The van der Waals surface area contributed by atoms with Gasteiger partial charge in [0.25, 0.3) is 0 Å². The number of benzene rings is 2. The highest BCUT2D eigenvalue weighted by Gasteiger charge is 2.14. The molecule has 0 amide bonds. The molecule has 3 rings (SSSR count). The number of hydrogen-bond donors (Lipinski definition) is 0. The Morgan fingerprint density at radius 2 is 1.73 bits per heavy atom. The summed E-state index contributed by atoms with van der Waals surface area (Å²) >= 11 is 0. The molecule has 108 valence electrons. The highest BCUT2D eigenvalue weighted by Crippen LogP contribution is 2.25. The molecule has 0 bridgehead atoms. The zero-order chi connectivity index (χ0) is 15.2. The maximum atomic E-state index is 12.5. The van der Waals surface area contributed by atoms with E-state index in [0.717, 1.165) is 0 Å². The highest BCUT2D eigenvalue weighted by atomic mass is 16.5. The van der Waals surface area contributed by atoms with Crippen LogP contribution in [0.25, 0.3) is 0 Å². The number of carbonyl (C=O) groups excluding carboxylic acids is 1. The number of aromatic nitrogens is 2. The molecule has 0 unspecified atom stereocenters. The summed E-state index contributed by atoms with van der Waals surface area (Å²) < 4.78 is 5.81. The van der Waals surface area contributed by atoms with Crippen molar-refractivity contribution in [2.45, 2.75) is 6.42 Å². The predicted molar refractivity (Wildman–Crippen MR) is 83.0 cm³/mol. The molecule has 4 nitrogen and oxygen atoms in total. The summed E-state index contributed by atoms with van der Waals surface area (Å²) in [6.07, 6.45) is 4.96. The monoisotopic (exact) mass is 290 g/mol. The molecular formula is C18H14N2O2. The van der Waals surface area contributed by atoms with Gasteiger partial charge in [-0.25, -0.2) is 0 Å². The van der Waals surface area contributed by atoms with E-state index in [9.17, 15) is 4.79 Å². The van der Waals surface area contributed by atoms with Gasteiger partial charge in [0.2, 0.25) is 0 Å². The van der Waals surface area contributed by atoms with Crippen molar-refractivity contribution in [2.24, 2.45) is 0 Å². The number of ketones is 1. The number of carbonyl (C=O) groups is 1. The molecular weight excluding hydrogens is 276 g/mol. The lowest BCUT2D eigenvalue weighted by molar-refractivity contribution is 0.0989. The Morgan fingerprint density at radius 3 is 2.50 bits per heavy atom. The normalized spacial score (nSPS) is 10.2. The highest BCUT2D eigenvalue weighted by molar-refractivity contribution is 5.99. The summed E-state index contributed by atoms with van der Waals surface area (Å²) in [5.41, 5.74) is 1.18. The van der Waals surface area contributed by atoms with Gasteiger partial charge in [0.05, 0.1) is 17.7 Å². The molecule has 1 aromatic heterocycles. The fourth-order valence-electron chi connectivity index (χ4n) is 2.08. The summed E-state index contributed by atoms with van der Waals surface area (Å²) in [5, 5.41) is 0. The van der Waals surface area contributed by atoms with Crippen LogP contribution >= 0.6 is 0 Å². The molecule has 0 saturated carbocycles. The minimum absolute atomic E-state index is 0.0490. The summed E-state index contributed by atoms with van der Waals surface area (Å²) in [6, 6.07) is 16.6. The molecule has 3 aromatic rings. The van der Waals surface area contributed by atoms with E-state index >= 15 is 0 Å². The van der Waals surface area contributed by atoms with E-state index in [1.165, 1.54) is 0 Å². The molecule has 0 saturated heterocycles. The third-order valence-electron chi connectivity index (χ3n) is 3.12. The van der Waals surface area contributed by atoms with E-state index in [4.69, 9.17) is 4.74 Å². The predicted octanol–water partition coefficient (Wildman–Crippen LogP) is 3.69. The average Bonchev–Trinajstić information content (AvgIpc) is 2.57. The third-order valence-corrected chi connectivity index (χ3v) is 3.12. The van der Waals surface area contributed by atoms with Crippen LogP contribution in [-0.4, -0.2) is 15.8 Å². The topological polar surface area (TPSA) is 52.1 Å². The van der Waals surface area contributed by atoms with Crippen LogP contribution in [0.2, 0.25) is 0 Å². The standard InChI is InChI=1S/C18H14N2O2/c21-17(12-14-13-19-10-11-20-14)16-8-4-5-9-18(16)22-15-6-2-1-3-7-15/h1-11,13H,12H2. The summed E-state index contributed by atoms with van der Waals surface area (Å²) in [6.45, 7) is 0. The van der Waals surface area contributed by atoms with Crippen LogP contribution in [0.3, 0.4) is 0 Å². The molecule has 0 aliphatic heterocycles. The summed E-state index contributed by atoms with van der Waals surface area (Å²) in [7, 11) is 0. The van der Waals surface area contributed by atoms with Gasteiger partial charge in [0.15, 0.2) is 5.78 Å². The van der Waals surface area contributed by atoms with Gasteiger partial charge in [-0.3, -0.25) is 14.8 Å². The molecule has 4 heteroatoms. The van der Waals surface area contributed by atoms with Crippen molar-refractivity contribution in [3.05, 3.63) is 84.4 Å². The van der Waals surface area contributed by atoms with E-state index in [0.29, 0.717) is 22.8 Å². The van der Waals surface area contributed by atoms with Crippen LogP contribution < -0.4 is 4.74 Å². The maximum Gasteiger partial charge on any atom is 0.172 e. The molecule has 0 radical (unpaired) electrons. The van der Waals surface area contributed by atoms with Crippen molar-refractivity contribution in [2.75, 3.05) is 0 Å². The molecule has 0 aliphatic rings. The van der Waals surface area contributed by atoms with Crippen LogP contribution in [0, 0.1) is 0 Å². The number of rotatable bonds is 5. The Morgan fingerprint density at radius 1 is 0.955 bits per heavy atom. The van der Waals surface area contributed by atoms with Gasteiger partial charge in [0, 0.05) is 18.6 Å².